The van der Waals surface area contributed by atoms with Gasteiger partial charge in [-0.2, -0.15) is 0 Å². The van der Waals surface area contributed by atoms with E-state index in [9.17, 15) is 0 Å². The Bertz CT molecular complexity index is 231. The normalized spacial score (nSPS) is 9.92. The van der Waals surface area contributed by atoms with Gasteiger partial charge in [-0.15, -0.1) is 0 Å². The van der Waals surface area contributed by atoms with Gasteiger partial charge in [0.25, 0.3) is 0 Å². The molecular formula is C9H14N2O. The first-order chi connectivity index (χ1) is 5.74. The summed E-state index contributed by atoms with van der Waals surface area (Å²) in [4.78, 5) is 6.16. The molecule has 1 rings (SSSR count). The van der Waals surface area contributed by atoms with Gasteiger partial charge < -0.3 is 10.0 Å². The molecule has 0 unspecified atom stereocenters. The molecule has 0 aliphatic heterocycles. The molecule has 1 heterocycles. The van der Waals surface area contributed by atoms with Gasteiger partial charge in [-0.25, -0.2) is 4.98 Å². The standard InChI is InChI=1S/C9H14N2O/c1-11(2)9-4-3-8(5-6-12)7-10-9/h3-4,7,12H,5-6H2,1-2H3. The van der Waals surface area contributed by atoms with Crippen molar-refractivity contribution in [2.45, 2.75) is 6.42 Å². The second-order valence-electron chi connectivity index (χ2n) is 2.89. The number of hydrogen-bond donors (Lipinski definition) is 1. The van der Waals surface area contributed by atoms with Crippen molar-refractivity contribution in [2.75, 3.05) is 25.6 Å². The molecule has 66 valence electrons. The van der Waals surface area contributed by atoms with Gasteiger partial charge in [0.2, 0.25) is 0 Å². The van der Waals surface area contributed by atoms with Gasteiger partial charge in [0.05, 0.1) is 0 Å². The molecule has 0 saturated heterocycles. The predicted molar refractivity (Wildman–Crippen MR) is 49.4 cm³/mol. The van der Waals surface area contributed by atoms with Crippen LogP contribution in [0.4, 0.5) is 5.82 Å². The van der Waals surface area contributed by atoms with Gasteiger partial charge in [0.1, 0.15) is 5.82 Å². The highest BCUT2D eigenvalue weighted by atomic mass is 16.2. The highest BCUT2D eigenvalue weighted by molar-refractivity contribution is 5.37. The van der Waals surface area contributed by atoms with Crippen LogP contribution in [-0.2, 0) is 6.42 Å². The van der Waals surface area contributed by atoms with Gasteiger partial charge in [-0.05, 0) is 18.1 Å². The minimum absolute atomic E-state index is 0.184. The van der Waals surface area contributed by atoms with Crippen LogP contribution in [0.15, 0.2) is 18.3 Å². The summed E-state index contributed by atoms with van der Waals surface area (Å²) < 4.78 is 0. The zero-order valence-electron chi connectivity index (χ0n) is 7.49. The Morgan fingerprint density at radius 2 is 2.17 bits per heavy atom. The van der Waals surface area contributed by atoms with Gasteiger partial charge >= 0.3 is 0 Å². The number of nitrogens with zero attached hydrogens (tertiary/aromatic N) is 2. The quantitative estimate of drug-likeness (QED) is 0.717. The molecule has 0 spiro atoms. The minimum atomic E-state index is 0.184. The zero-order valence-corrected chi connectivity index (χ0v) is 7.49. The summed E-state index contributed by atoms with van der Waals surface area (Å²) in [6.45, 7) is 0.184. The third-order valence-electron chi connectivity index (χ3n) is 1.67. The molecule has 12 heavy (non-hydrogen) atoms. The topological polar surface area (TPSA) is 36.4 Å². The summed E-state index contributed by atoms with van der Waals surface area (Å²) in [5, 5.41) is 8.66. The Kier molecular flexibility index (Phi) is 3.05. The molecule has 0 fully saturated rings. The lowest BCUT2D eigenvalue weighted by atomic mass is 10.2. The van der Waals surface area contributed by atoms with Crippen molar-refractivity contribution < 1.29 is 5.11 Å². The van der Waals surface area contributed by atoms with Crippen LogP contribution >= 0.6 is 0 Å². The number of hydrogen-bond acceptors (Lipinski definition) is 3. The Morgan fingerprint density at radius 1 is 1.42 bits per heavy atom. The maximum atomic E-state index is 8.66. The SMILES string of the molecule is CN(C)c1ccc(CCO)cn1. The summed E-state index contributed by atoms with van der Waals surface area (Å²) in [5.74, 6) is 0.941. The number of pyridine rings is 1. The average molecular weight is 166 g/mol. The number of aliphatic hydroxyl groups excluding tert-OH is 1. The smallest absolute Gasteiger partial charge is 0.127 e. The average Bonchev–Trinajstić information content (AvgIpc) is 2.06. The first-order valence-corrected chi connectivity index (χ1v) is 3.97. The summed E-state index contributed by atoms with van der Waals surface area (Å²) in [6.07, 6.45) is 2.48. The number of aromatic nitrogens is 1. The van der Waals surface area contributed by atoms with Gasteiger partial charge in [-0.3, -0.25) is 0 Å². The molecule has 3 nitrogen and oxygen atoms in total. The van der Waals surface area contributed by atoms with Crippen molar-refractivity contribution in [3.8, 4) is 0 Å². The van der Waals surface area contributed by atoms with Crippen molar-refractivity contribution >= 4 is 5.82 Å². The van der Waals surface area contributed by atoms with E-state index >= 15 is 0 Å². The van der Waals surface area contributed by atoms with Crippen LogP contribution in [-0.4, -0.2) is 30.8 Å². The first-order valence-electron chi connectivity index (χ1n) is 3.97. The number of rotatable bonds is 3. The summed E-state index contributed by atoms with van der Waals surface area (Å²) in [5.41, 5.74) is 1.07. The van der Waals surface area contributed by atoms with Gasteiger partial charge in [0.15, 0.2) is 0 Å². The third-order valence-corrected chi connectivity index (χ3v) is 1.67. The largest absolute Gasteiger partial charge is 0.396 e. The van der Waals surface area contributed by atoms with Gasteiger partial charge in [-0.1, -0.05) is 6.07 Å². The summed E-state index contributed by atoms with van der Waals surface area (Å²) in [7, 11) is 3.90. The van der Waals surface area contributed by atoms with Crippen molar-refractivity contribution in [1.29, 1.82) is 0 Å². The summed E-state index contributed by atoms with van der Waals surface area (Å²) in [6, 6.07) is 3.93. The second kappa shape index (κ2) is 4.07. The Labute approximate surface area is 72.7 Å². The van der Waals surface area contributed by atoms with E-state index in [2.05, 4.69) is 4.98 Å². The monoisotopic (exact) mass is 166 g/mol. The molecule has 3 heteroatoms. The fraction of sp³-hybridized carbons (Fsp3) is 0.444. The lowest BCUT2D eigenvalue weighted by molar-refractivity contribution is 0.299. The number of aliphatic hydroxyl groups is 1. The van der Waals surface area contributed by atoms with E-state index in [0.717, 1.165) is 11.4 Å². The highest BCUT2D eigenvalue weighted by Crippen LogP contribution is 2.07. The van der Waals surface area contributed by atoms with E-state index in [1.807, 2.05) is 31.1 Å². The van der Waals surface area contributed by atoms with E-state index < -0.39 is 0 Å². The molecule has 0 aliphatic carbocycles. The van der Waals surface area contributed by atoms with Crippen LogP contribution in [0.2, 0.25) is 0 Å². The maximum absolute atomic E-state index is 8.66. The van der Waals surface area contributed by atoms with Crippen LogP contribution < -0.4 is 4.90 Å². The fourth-order valence-electron chi connectivity index (χ4n) is 0.958. The van der Waals surface area contributed by atoms with E-state index in [1.165, 1.54) is 0 Å². The van der Waals surface area contributed by atoms with Gasteiger partial charge in [0, 0.05) is 26.9 Å². The summed E-state index contributed by atoms with van der Waals surface area (Å²) >= 11 is 0. The van der Waals surface area contributed by atoms with Crippen LogP contribution in [0.3, 0.4) is 0 Å². The Hall–Kier alpha value is -1.09. The Morgan fingerprint density at radius 3 is 2.58 bits per heavy atom. The third kappa shape index (κ3) is 2.20. The van der Waals surface area contributed by atoms with E-state index in [0.29, 0.717) is 6.42 Å². The molecule has 0 aromatic carbocycles. The lowest BCUT2D eigenvalue weighted by Crippen LogP contribution is -2.10. The first kappa shape index (κ1) is 9.00. The molecule has 1 aromatic heterocycles. The highest BCUT2D eigenvalue weighted by Gasteiger charge is 1.96. The lowest BCUT2D eigenvalue weighted by Gasteiger charge is -2.10. The molecule has 0 amide bonds. The van der Waals surface area contributed by atoms with E-state index in [-0.39, 0.29) is 6.61 Å². The Balaban J connectivity index is 2.71. The minimum Gasteiger partial charge on any atom is -0.396 e. The van der Waals surface area contributed by atoms with Crippen molar-refractivity contribution in [3.63, 3.8) is 0 Å². The van der Waals surface area contributed by atoms with Crippen LogP contribution in [0.1, 0.15) is 5.56 Å². The van der Waals surface area contributed by atoms with Crippen molar-refractivity contribution in [3.05, 3.63) is 23.9 Å². The molecule has 1 aromatic rings. The molecular weight excluding hydrogens is 152 g/mol. The molecule has 0 saturated carbocycles. The van der Waals surface area contributed by atoms with Crippen LogP contribution in [0, 0.1) is 0 Å². The molecule has 0 atom stereocenters. The van der Waals surface area contributed by atoms with E-state index in [1.54, 1.807) is 6.20 Å². The molecule has 0 radical (unpaired) electrons. The fourth-order valence-corrected chi connectivity index (χ4v) is 0.958. The molecule has 1 N–H and O–H groups in total. The van der Waals surface area contributed by atoms with Crippen molar-refractivity contribution in [2.24, 2.45) is 0 Å². The zero-order chi connectivity index (χ0) is 8.97. The molecule has 0 aliphatic rings. The van der Waals surface area contributed by atoms with Crippen molar-refractivity contribution in [1.82, 2.24) is 4.98 Å². The molecule has 0 bridgehead atoms. The van der Waals surface area contributed by atoms with Crippen LogP contribution in [0.25, 0.3) is 0 Å². The maximum Gasteiger partial charge on any atom is 0.127 e. The number of anilines is 1. The van der Waals surface area contributed by atoms with E-state index in [4.69, 9.17) is 5.11 Å². The second-order valence-corrected chi connectivity index (χ2v) is 2.89. The van der Waals surface area contributed by atoms with Crippen LogP contribution in [0.5, 0.6) is 0 Å². The predicted octanol–water partition coefficient (Wildman–Crippen LogP) is 0.682.